The number of Topliss-reactive ketones (excluding diaryl/α,β-unsaturated/α-hetero) is 1. The highest BCUT2D eigenvalue weighted by Gasteiger charge is 2.23. The highest BCUT2D eigenvalue weighted by Crippen LogP contribution is 2.21. The highest BCUT2D eigenvalue weighted by atomic mass is 16.5. The first-order valence-electron chi connectivity index (χ1n) is 9.15. The Kier molecular flexibility index (Phi) is 5.08. The topological polar surface area (TPSA) is 78.3 Å². The minimum Gasteiger partial charge on any atom is -0.497 e. The standard InChI is InChI=1S/C24H16N2O4/c1-30-18-13-11-16(12-14-18)23(28)19(15-27)22-24(29)26(17-7-3-2-4-8-17)21-10-6-5-9-20(21)25-22/h2-14H,1H3. The van der Waals surface area contributed by atoms with E-state index >= 15 is 0 Å². The summed E-state index contributed by atoms with van der Waals surface area (Å²) in [7, 11) is 1.51. The van der Waals surface area contributed by atoms with Gasteiger partial charge >= 0.3 is 0 Å². The number of allylic oxidation sites excluding steroid dienone is 1. The number of ether oxygens (including phenoxy) is 1. The van der Waals surface area contributed by atoms with Crippen LogP contribution in [0.2, 0.25) is 0 Å². The molecule has 0 amide bonds. The summed E-state index contributed by atoms with van der Waals surface area (Å²) in [6.07, 6.45) is 0. The summed E-state index contributed by atoms with van der Waals surface area (Å²) in [5.74, 6) is 1.58. The van der Waals surface area contributed by atoms with Crippen LogP contribution in [0.4, 0.5) is 0 Å². The first-order valence-corrected chi connectivity index (χ1v) is 9.15. The molecule has 6 heteroatoms. The maximum atomic E-state index is 13.3. The smallest absolute Gasteiger partial charge is 0.283 e. The first kappa shape index (κ1) is 19.1. The van der Waals surface area contributed by atoms with Crippen molar-refractivity contribution in [1.82, 2.24) is 9.55 Å². The molecule has 0 aliphatic rings. The largest absolute Gasteiger partial charge is 0.497 e. The molecule has 0 unspecified atom stereocenters. The van der Waals surface area contributed by atoms with Crippen LogP contribution in [-0.4, -0.2) is 28.4 Å². The Bertz CT molecular complexity index is 1350. The fraction of sp³-hybridized carbons (Fsp3) is 0.0417. The molecular formula is C24H16N2O4. The van der Waals surface area contributed by atoms with Crippen LogP contribution in [0.3, 0.4) is 0 Å². The van der Waals surface area contributed by atoms with Gasteiger partial charge in [0.15, 0.2) is 5.69 Å². The minimum atomic E-state index is -0.632. The summed E-state index contributed by atoms with van der Waals surface area (Å²) >= 11 is 0. The monoisotopic (exact) mass is 396 g/mol. The summed E-state index contributed by atoms with van der Waals surface area (Å²) in [5, 5.41) is 0. The third-order valence-electron chi connectivity index (χ3n) is 4.69. The van der Waals surface area contributed by atoms with Gasteiger partial charge in [-0.2, -0.15) is 0 Å². The van der Waals surface area contributed by atoms with E-state index in [9.17, 15) is 14.4 Å². The second-order valence-corrected chi connectivity index (χ2v) is 6.46. The summed E-state index contributed by atoms with van der Waals surface area (Å²) in [4.78, 5) is 42.4. The number of ketones is 1. The maximum Gasteiger partial charge on any atom is 0.283 e. The first-order chi connectivity index (χ1) is 14.6. The van der Waals surface area contributed by atoms with Gasteiger partial charge in [0.05, 0.1) is 18.1 Å². The van der Waals surface area contributed by atoms with Gasteiger partial charge in [0.2, 0.25) is 5.78 Å². The molecule has 0 saturated heterocycles. The number of carbonyl (C=O) groups is 1. The van der Waals surface area contributed by atoms with Gasteiger partial charge in [-0.25, -0.2) is 9.78 Å². The molecule has 6 nitrogen and oxygen atoms in total. The molecular weight excluding hydrogens is 380 g/mol. The number of rotatable bonds is 5. The predicted molar refractivity (Wildman–Crippen MR) is 114 cm³/mol. The number of hydrogen-bond acceptors (Lipinski definition) is 5. The van der Waals surface area contributed by atoms with Crippen molar-refractivity contribution in [1.29, 1.82) is 0 Å². The SMILES string of the molecule is COc1ccc(C(=O)C(=C=O)c2nc3ccccc3n(-c3ccccc3)c2=O)cc1. The number of methoxy groups -OCH3 is 1. The van der Waals surface area contributed by atoms with Crippen molar-refractivity contribution >= 4 is 28.3 Å². The van der Waals surface area contributed by atoms with Crippen molar-refractivity contribution in [3.05, 3.63) is 100 Å². The number of nitrogens with zero attached hydrogens (tertiary/aromatic N) is 2. The van der Waals surface area contributed by atoms with Gasteiger partial charge in [-0.1, -0.05) is 30.3 Å². The molecule has 0 N–H and O–H groups in total. The van der Waals surface area contributed by atoms with Crippen LogP contribution in [0.5, 0.6) is 5.75 Å². The van der Waals surface area contributed by atoms with Gasteiger partial charge in [0.25, 0.3) is 5.56 Å². The number of aromatic nitrogens is 2. The molecule has 0 aliphatic heterocycles. The number of carbonyl (C=O) groups excluding carboxylic acids is 2. The van der Waals surface area contributed by atoms with E-state index in [1.165, 1.54) is 23.8 Å². The Morgan fingerprint density at radius 1 is 0.933 bits per heavy atom. The van der Waals surface area contributed by atoms with Crippen LogP contribution < -0.4 is 10.3 Å². The molecule has 30 heavy (non-hydrogen) atoms. The molecule has 0 atom stereocenters. The van der Waals surface area contributed by atoms with Crippen molar-refractivity contribution < 1.29 is 14.3 Å². The highest BCUT2D eigenvalue weighted by molar-refractivity contribution is 6.34. The molecule has 4 aromatic rings. The van der Waals surface area contributed by atoms with Crippen molar-refractivity contribution in [2.24, 2.45) is 0 Å². The van der Waals surface area contributed by atoms with Gasteiger partial charge in [0, 0.05) is 11.3 Å². The van der Waals surface area contributed by atoms with Crippen LogP contribution in [0.25, 0.3) is 22.3 Å². The predicted octanol–water partition coefficient (Wildman–Crippen LogP) is 3.49. The zero-order valence-electron chi connectivity index (χ0n) is 16.0. The molecule has 1 aromatic heterocycles. The zero-order valence-corrected chi connectivity index (χ0v) is 16.0. The van der Waals surface area contributed by atoms with E-state index in [0.29, 0.717) is 22.5 Å². The molecule has 1 heterocycles. The number of benzene rings is 3. The molecule has 146 valence electrons. The van der Waals surface area contributed by atoms with Crippen molar-refractivity contribution in [3.8, 4) is 11.4 Å². The van der Waals surface area contributed by atoms with Crippen molar-refractivity contribution in [2.75, 3.05) is 7.11 Å². The van der Waals surface area contributed by atoms with E-state index in [0.717, 1.165) is 0 Å². The average molecular weight is 396 g/mol. The number of para-hydroxylation sites is 3. The molecule has 0 bridgehead atoms. The van der Waals surface area contributed by atoms with Crippen LogP contribution in [0.15, 0.2) is 83.7 Å². The van der Waals surface area contributed by atoms with E-state index in [2.05, 4.69) is 4.98 Å². The van der Waals surface area contributed by atoms with Gasteiger partial charge in [-0.05, 0) is 48.5 Å². The Morgan fingerprint density at radius 3 is 2.27 bits per heavy atom. The van der Waals surface area contributed by atoms with Crippen molar-refractivity contribution in [3.63, 3.8) is 0 Å². The van der Waals surface area contributed by atoms with Crippen molar-refractivity contribution in [2.45, 2.75) is 0 Å². The second-order valence-electron chi connectivity index (χ2n) is 6.46. The lowest BCUT2D eigenvalue weighted by Gasteiger charge is -2.12. The summed E-state index contributed by atoms with van der Waals surface area (Å²) in [6, 6.07) is 22.3. The normalized spacial score (nSPS) is 10.4. The molecule has 0 saturated carbocycles. The van der Waals surface area contributed by atoms with E-state index in [1.807, 2.05) is 6.07 Å². The van der Waals surface area contributed by atoms with Crippen LogP contribution >= 0.6 is 0 Å². The lowest BCUT2D eigenvalue weighted by atomic mass is 10.0. The second kappa shape index (κ2) is 7.99. The molecule has 3 aromatic carbocycles. The van der Waals surface area contributed by atoms with Gasteiger partial charge < -0.3 is 4.74 Å². The lowest BCUT2D eigenvalue weighted by molar-refractivity contribution is 0.105. The fourth-order valence-electron chi connectivity index (χ4n) is 3.22. The van der Waals surface area contributed by atoms with Crippen LogP contribution in [0.1, 0.15) is 16.1 Å². The van der Waals surface area contributed by atoms with Gasteiger partial charge in [-0.3, -0.25) is 14.2 Å². The summed E-state index contributed by atoms with van der Waals surface area (Å²) < 4.78 is 6.53. The average Bonchev–Trinajstić information content (AvgIpc) is 2.80. The van der Waals surface area contributed by atoms with E-state index in [1.54, 1.807) is 66.6 Å². The van der Waals surface area contributed by atoms with E-state index in [4.69, 9.17) is 4.74 Å². The lowest BCUT2D eigenvalue weighted by Crippen LogP contribution is -2.26. The Balaban J connectivity index is 1.93. The maximum absolute atomic E-state index is 13.3. The third-order valence-corrected chi connectivity index (χ3v) is 4.69. The third kappa shape index (κ3) is 3.32. The number of fused-ring (bicyclic) bond motifs is 1. The zero-order chi connectivity index (χ0) is 21.1. The van der Waals surface area contributed by atoms with Gasteiger partial charge in [0.1, 0.15) is 17.3 Å². The van der Waals surface area contributed by atoms with Crippen LogP contribution in [0, 0.1) is 0 Å². The fourth-order valence-corrected chi connectivity index (χ4v) is 3.22. The Morgan fingerprint density at radius 2 is 1.60 bits per heavy atom. The van der Waals surface area contributed by atoms with Crippen LogP contribution in [-0.2, 0) is 4.79 Å². The molecule has 0 spiro atoms. The van der Waals surface area contributed by atoms with Gasteiger partial charge in [-0.15, -0.1) is 0 Å². The molecule has 4 rings (SSSR count). The molecule has 0 aliphatic carbocycles. The number of hydrogen-bond donors (Lipinski definition) is 0. The summed E-state index contributed by atoms with van der Waals surface area (Å²) in [6.45, 7) is 0. The molecule has 0 fully saturated rings. The Hall–Kier alpha value is -4.28. The summed E-state index contributed by atoms with van der Waals surface area (Å²) in [5.41, 5.74) is 0.652. The molecule has 0 radical (unpaired) electrons. The Labute approximate surface area is 171 Å². The van der Waals surface area contributed by atoms with E-state index in [-0.39, 0.29) is 11.3 Å². The van der Waals surface area contributed by atoms with E-state index < -0.39 is 16.9 Å². The minimum absolute atomic E-state index is 0.231. The quantitative estimate of drug-likeness (QED) is 0.293.